The van der Waals surface area contributed by atoms with Crippen molar-refractivity contribution < 1.29 is 0 Å². The number of hydrogen-bond acceptors (Lipinski definition) is 1. The first-order valence-corrected chi connectivity index (χ1v) is 5.80. The van der Waals surface area contributed by atoms with Crippen LogP contribution >= 0.6 is 11.8 Å². The fourth-order valence-electron chi connectivity index (χ4n) is 2.60. The molecule has 2 aliphatic heterocycles. The van der Waals surface area contributed by atoms with Crippen molar-refractivity contribution in [2.45, 2.75) is 23.1 Å². The van der Waals surface area contributed by atoms with Crippen molar-refractivity contribution in [2.75, 3.05) is 13.6 Å². The molecule has 0 aliphatic carbocycles. The number of hydrogen-bond donors (Lipinski definition) is 0. The number of rotatable bonds is 0. The van der Waals surface area contributed by atoms with Crippen molar-refractivity contribution in [3.8, 4) is 0 Å². The number of nitrogens with zero attached hydrogens (tertiary/aromatic N) is 1. The van der Waals surface area contributed by atoms with E-state index >= 15 is 0 Å². The van der Waals surface area contributed by atoms with Gasteiger partial charge in [-0.05, 0) is 6.07 Å². The largest absolute Gasteiger partial charge is 0.281 e. The van der Waals surface area contributed by atoms with Crippen molar-refractivity contribution in [3.63, 3.8) is 0 Å². The highest BCUT2D eigenvalue weighted by Crippen LogP contribution is 2.51. The number of para-hydroxylation sites is 1. The Bertz CT molecular complexity index is 350. The molecule has 0 bridgehead atoms. The average Bonchev–Trinajstić information content (AvgIpc) is 2.60. The lowest BCUT2D eigenvalue weighted by molar-refractivity contribution is 0.386. The van der Waals surface area contributed by atoms with Gasteiger partial charge in [-0.15, -0.1) is 0 Å². The molecule has 1 nitrogen and oxygen atoms in total. The molecule has 0 N–H and O–H groups in total. The van der Waals surface area contributed by atoms with Gasteiger partial charge < -0.3 is 0 Å². The van der Waals surface area contributed by atoms with Crippen LogP contribution < -0.4 is 4.48 Å². The zero-order valence-corrected chi connectivity index (χ0v) is 8.68. The SMILES string of the molecule is C[N+]12CCCC1Sc1ccccc12. The van der Waals surface area contributed by atoms with Gasteiger partial charge in [0.05, 0.1) is 18.5 Å². The summed E-state index contributed by atoms with van der Waals surface area (Å²) in [5.41, 5.74) is 1.55. The van der Waals surface area contributed by atoms with Crippen LogP contribution in [-0.2, 0) is 0 Å². The Labute approximate surface area is 83.3 Å². The predicted octanol–water partition coefficient (Wildman–Crippen LogP) is 2.85. The van der Waals surface area contributed by atoms with Gasteiger partial charge in [0, 0.05) is 18.9 Å². The number of quaternary nitrogens is 1. The molecule has 0 aromatic heterocycles. The van der Waals surface area contributed by atoms with E-state index in [4.69, 9.17) is 0 Å². The molecule has 1 aromatic carbocycles. The Hall–Kier alpha value is -0.470. The minimum absolute atomic E-state index is 0.803. The molecule has 3 rings (SSSR count). The first-order valence-electron chi connectivity index (χ1n) is 4.92. The van der Waals surface area contributed by atoms with E-state index in [1.54, 1.807) is 5.69 Å². The van der Waals surface area contributed by atoms with Gasteiger partial charge in [-0.1, -0.05) is 23.9 Å². The molecule has 13 heavy (non-hydrogen) atoms. The highest BCUT2D eigenvalue weighted by atomic mass is 32.2. The normalized spacial score (nSPS) is 35.9. The number of fused-ring (bicyclic) bond motifs is 3. The molecule has 1 aromatic rings. The summed E-state index contributed by atoms with van der Waals surface area (Å²) in [6.45, 7) is 1.33. The first-order chi connectivity index (χ1) is 6.31. The number of thioether (sulfide) groups is 1. The van der Waals surface area contributed by atoms with Crippen LogP contribution in [0.5, 0.6) is 0 Å². The third kappa shape index (κ3) is 0.931. The summed E-state index contributed by atoms with van der Waals surface area (Å²) in [7, 11) is 2.39. The van der Waals surface area contributed by atoms with Gasteiger partial charge in [0.1, 0.15) is 11.1 Å². The minimum atomic E-state index is 0.803. The summed E-state index contributed by atoms with van der Waals surface area (Å²) in [6, 6.07) is 8.89. The van der Waals surface area contributed by atoms with Crippen molar-refractivity contribution in [1.29, 1.82) is 0 Å². The molecule has 2 heterocycles. The molecule has 0 saturated carbocycles. The summed E-state index contributed by atoms with van der Waals surface area (Å²) in [5.74, 6) is 0. The Morgan fingerprint density at radius 1 is 1.38 bits per heavy atom. The van der Waals surface area contributed by atoms with E-state index in [0.29, 0.717) is 0 Å². The molecule has 2 heteroatoms. The highest BCUT2D eigenvalue weighted by Gasteiger charge is 2.47. The lowest BCUT2D eigenvalue weighted by Gasteiger charge is -2.28. The van der Waals surface area contributed by atoms with E-state index in [2.05, 4.69) is 43.1 Å². The molecule has 0 amide bonds. The Morgan fingerprint density at radius 2 is 2.23 bits per heavy atom. The molecule has 2 aliphatic rings. The van der Waals surface area contributed by atoms with Crippen LogP contribution in [0.1, 0.15) is 12.8 Å². The predicted molar refractivity (Wildman–Crippen MR) is 57.9 cm³/mol. The fraction of sp³-hybridized carbons (Fsp3) is 0.455. The standard InChI is InChI=1S/C11H14NS/c1-12-8-4-7-11(12)13-10-6-3-2-5-9(10)12/h2-3,5-6,11H,4,7-8H2,1H3/q+1. The second kappa shape index (κ2) is 2.52. The van der Waals surface area contributed by atoms with E-state index in [9.17, 15) is 0 Å². The zero-order valence-electron chi connectivity index (χ0n) is 7.86. The van der Waals surface area contributed by atoms with Crippen LogP contribution in [0.2, 0.25) is 0 Å². The molecule has 2 atom stereocenters. The van der Waals surface area contributed by atoms with E-state index in [0.717, 1.165) is 5.37 Å². The Morgan fingerprint density at radius 3 is 3.15 bits per heavy atom. The maximum absolute atomic E-state index is 2.39. The topological polar surface area (TPSA) is 0 Å². The van der Waals surface area contributed by atoms with Crippen LogP contribution in [0.3, 0.4) is 0 Å². The van der Waals surface area contributed by atoms with E-state index in [-0.39, 0.29) is 0 Å². The Kier molecular flexibility index (Phi) is 1.53. The Balaban J connectivity index is 2.17. The number of benzene rings is 1. The quantitative estimate of drug-likeness (QED) is 0.570. The molecule has 1 fully saturated rings. The summed E-state index contributed by atoms with van der Waals surface area (Å²) >= 11 is 2.08. The lowest BCUT2D eigenvalue weighted by Crippen LogP contribution is -2.44. The van der Waals surface area contributed by atoms with Gasteiger partial charge in [-0.2, -0.15) is 0 Å². The van der Waals surface area contributed by atoms with Crippen LogP contribution in [-0.4, -0.2) is 19.0 Å². The maximum atomic E-state index is 2.39. The lowest BCUT2D eigenvalue weighted by atomic mass is 10.2. The summed E-state index contributed by atoms with van der Waals surface area (Å²) in [5, 5.41) is 0.803. The molecule has 68 valence electrons. The van der Waals surface area contributed by atoms with Crippen LogP contribution in [0.25, 0.3) is 0 Å². The zero-order chi connectivity index (χ0) is 8.89. The van der Waals surface area contributed by atoms with E-state index < -0.39 is 0 Å². The smallest absolute Gasteiger partial charge is 0.147 e. The van der Waals surface area contributed by atoms with Gasteiger partial charge >= 0.3 is 0 Å². The van der Waals surface area contributed by atoms with Gasteiger partial charge in [-0.3, -0.25) is 4.48 Å². The summed E-state index contributed by atoms with van der Waals surface area (Å²) in [6.07, 6.45) is 2.78. The van der Waals surface area contributed by atoms with E-state index in [1.165, 1.54) is 28.8 Å². The molecule has 2 unspecified atom stereocenters. The highest BCUT2D eigenvalue weighted by molar-refractivity contribution is 8.00. The first kappa shape index (κ1) is 7.89. The summed E-state index contributed by atoms with van der Waals surface area (Å²) in [4.78, 5) is 1.51. The fourth-order valence-corrected chi connectivity index (χ4v) is 4.18. The molecule has 1 saturated heterocycles. The van der Waals surface area contributed by atoms with Crippen molar-refractivity contribution in [2.24, 2.45) is 0 Å². The second-order valence-corrected chi connectivity index (χ2v) is 5.39. The van der Waals surface area contributed by atoms with E-state index in [1.807, 2.05) is 0 Å². The van der Waals surface area contributed by atoms with Crippen molar-refractivity contribution in [1.82, 2.24) is 4.48 Å². The molecule has 0 spiro atoms. The van der Waals surface area contributed by atoms with Crippen molar-refractivity contribution in [3.05, 3.63) is 24.3 Å². The van der Waals surface area contributed by atoms with Crippen LogP contribution in [0.4, 0.5) is 5.69 Å². The van der Waals surface area contributed by atoms with Gasteiger partial charge in [0.25, 0.3) is 0 Å². The third-order valence-corrected chi connectivity index (χ3v) is 4.96. The maximum Gasteiger partial charge on any atom is 0.147 e. The monoisotopic (exact) mass is 192 g/mol. The van der Waals surface area contributed by atoms with Crippen LogP contribution in [0, 0.1) is 0 Å². The average molecular weight is 192 g/mol. The molecule has 0 radical (unpaired) electrons. The molecular weight excluding hydrogens is 178 g/mol. The van der Waals surface area contributed by atoms with Gasteiger partial charge in [0.15, 0.2) is 0 Å². The molecular formula is C11H14NS+. The van der Waals surface area contributed by atoms with Gasteiger partial charge in [0.2, 0.25) is 0 Å². The van der Waals surface area contributed by atoms with Crippen molar-refractivity contribution >= 4 is 17.4 Å². The third-order valence-electron chi connectivity index (χ3n) is 3.39. The van der Waals surface area contributed by atoms with Crippen LogP contribution in [0.15, 0.2) is 29.2 Å². The second-order valence-electron chi connectivity index (χ2n) is 4.17. The van der Waals surface area contributed by atoms with Gasteiger partial charge in [-0.25, -0.2) is 0 Å². The summed E-state index contributed by atoms with van der Waals surface area (Å²) < 4.78 is 1.18. The minimum Gasteiger partial charge on any atom is -0.281 e.